The number of thioether (sulfide) groups is 1. The normalized spacial score (nSPS) is 15.4. The van der Waals surface area contributed by atoms with Crippen molar-refractivity contribution in [3.63, 3.8) is 0 Å². The number of hydrogen-bond donors (Lipinski definition) is 2. The fourth-order valence-electron chi connectivity index (χ4n) is 2.78. The summed E-state index contributed by atoms with van der Waals surface area (Å²) in [5, 5.41) is 6.06. The lowest BCUT2D eigenvalue weighted by molar-refractivity contribution is 0.0525. The first-order valence-electron chi connectivity index (χ1n) is 8.26. The number of nitrogens with zero attached hydrogens (tertiary/aromatic N) is 2. The summed E-state index contributed by atoms with van der Waals surface area (Å²) in [6, 6.07) is 5.12. The molecule has 1 aliphatic rings. The molecular formula is C18H18Cl2N4O2S. The molecule has 1 aromatic carbocycles. The number of H-pyrrole nitrogens is 1. The number of esters is 1. The number of benzene rings is 1. The molecule has 142 valence electrons. The van der Waals surface area contributed by atoms with Crippen LogP contribution < -0.4 is 5.43 Å². The Morgan fingerprint density at radius 1 is 1.33 bits per heavy atom. The van der Waals surface area contributed by atoms with Gasteiger partial charge < -0.3 is 9.72 Å². The van der Waals surface area contributed by atoms with Crippen LogP contribution in [0.4, 0.5) is 5.69 Å². The molecule has 0 atom stereocenters. The minimum atomic E-state index is -0.352. The minimum Gasteiger partial charge on any atom is -0.462 e. The summed E-state index contributed by atoms with van der Waals surface area (Å²) in [5.74, 6) is 0.205. The van der Waals surface area contributed by atoms with Gasteiger partial charge in [0.1, 0.15) is 0 Å². The van der Waals surface area contributed by atoms with E-state index in [1.807, 2.05) is 13.8 Å². The van der Waals surface area contributed by atoms with Crippen molar-refractivity contribution >= 4 is 57.5 Å². The minimum absolute atomic E-state index is 0.320. The van der Waals surface area contributed by atoms with Gasteiger partial charge in [0.15, 0.2) is 5.17 Å². The quantitative estimate of drug-likeness (QED) is 0.687. The number of nitrogens with one attached hydrogen (secondary N) is 2. The Labute approximate surface area is 171 Å². The van der Waals surface area contributed by atoms with Crippen molar-refractivity contribution in [2.75, 3.05) is 12.4 Å². The third-order valence-corrected chi connectivity index (χ3v) is 5.32. The van der Waals surface area contributed by atoms with E-state index < -0.39 is 0 Å². The molecule has 0 unspecified atom stereocenters. The van der Waals surface area contributed by atoms with Crippen LogP contribution in [0.3, 0.4) is 0 Å². The van der Waals surface area contributed by atoms with Gasteiger partial charge in [-0.2, -0.15) is 5.10 Å². The van der Waals surface area contributed by atoms with Gasteiger partial charge in [0, 0.05) is 27.7 Å². The largest absolute Gasteiger partial charge is 0.462 e. The van der Waals surface area contributed by atoms with Crippen molar-refractivity contribution in [1.29, 1.82) is 0 Å². The topological polar surface area (TPSA) is 78.8 Å². The molecule has 0 fully saturated rings. The molecule has 27 heavy (non-hydrogen) atoms. The number of carbonyl (C=O) groups excluding carboxylic acids is 1. The van der Waals surface area contributed by atoms with Crippen molar-refractivity contribution in [1.82, 2.24) is 10.4 Å². The SMILES string of the molecule is CCOC(=O)c1c(C)[nH]c(C)c1C1=NNC(=Nc2ccc(Cl)cc2Cl)SC1. The fraction of sp³-hybridized carbons (Fsp3) is 0.278. The molecule has 0 radical (unpaired) electrons. The Morgan fingerprint density at radius 3 is 2.74 bits per heavy atom. The Balaban J connectivity index is 1.88. The third-order valence-electron chi connectivity index (χ3n) is 3.91. The highest BCUT2D eigenvalue weighted by molar-refractivity contribution is 8.14. The molecule has 9 heteroatoms. The van der Waals surface area contributed by atoms with E-state index in [-0.39, 0.29) is 5.97 Å². The van der Waals surface area contributed by atoms with E-state index >= 15 is 0 Å². The maximum atomic E-state index is 12.3. The predicted molar refractivity (Wildman–Crippen MR) is 112 cm³/mol. The van der Waals surface area contributed by atoms with Crippen LogP contribution in [0, 0.1) is 13.8 Å². The molecule has 2 aromatic rings. The van der Waals surface area contributed by atoms with Crippen LogP contribution in [0.15, 0.2) is 28.3 Å². The first-order chi connectivity index (χ1) is 12.9. The first-order valence-corrected chi connectivity index (χ1v) is 10.0. The summed E-state index contributed by atoms with van der Waals surface area (Å²) in [4.78, 5) is 20.0. The van der Waals surface area contributed by atoms with E-state index in [2.05, 4.69) is 20.5 Å². The van der Waals surface area contributed by atoms with Gasteiger partial charge in [-0.1, -0.05) is 35.0 Å². The van der Waals surface area contributed by atoms with E-state index in [1.165, 1.54) is 11.8 Å². The number of hydrazone groups is 1. The Hall–Kier alpha value is -1.96. The Morgan fingerprint density at radius 2 is 2.11 bits per heavy atom. The highest BCUT2D eigenvalue weighted by Crippen LogP contribution is 2.30. The monoisotopic (exact) mass is 424 g/mol. The summed E-state index contributed by atoms with van der Waals surface area (Å²) < 4.78 is 5.19. The fourth-order valence-corrected chi connectivity index (χ4v) is 3.99. The zero-order chi connectivity index (χ0) is 19.6. The van der Waals surface area contributed by atoms with Gasteiger partial charge in [-0.15, -0.1) is 0 Å². The second-order valence-corrected chi connectivity index (χ2v) is 7.62. The maximum Gasteiger partial charge on any atom is 0.340 e. The summed E-state index contributed by atoms with van der Waals surface area (Å²) in [5.41, 5.74) is 7.23. The van der Waals surface area contributed by atoms with Crippen LogP contribution in [-0.4, -0.2) is 34.2 Å². The lowest BCUT2D eigenvalue weighted by Gasteiger charge is -2.16. The lowest BCUT2D eigenvalue weighted by atomic mass is 10.1. The Bertz CT molecular complexity index is 953. The number of amidine groups is 1. The van der Waals surface area contributed by atoms with E-state index in [0.29, 0.717) is 38.8 Å². The summed E-state index contributed by atoms with van der Waals surface area (Å²) in [7, 11) is 0. The molecule has 0 amide bonds. The van der Waals surface area contributed by atoms with Crippen molar-refractivity contribution in [2.24, 2.45) is 10.1 Å². The van der Waals surface area contributed by atoms with Crippen LogP contribution in [0.2, 0.25) is 10.0 Å². The highest BCUT2D eigenvalue weighted by atomic mass is 35.5. The van der Waals surface area contributed by atoms with Gasteiger partial charge in [-0.05, 0) is 39.0 Å². The number of halogens is 2. The zero-order valence-corrected chi connectivity index (χ0v) is 17.3. The van der Waals surface area contributed by atoms with Crippen molar-refractivity contribution in [3.8, 4) is 0 Å². The van der Waals surface area contributed by atoms with E-state index in [9.17, 15) is 4.79 Å². The molecule has 2 N–H and O–H groups in total. The number of aliphatic imine (C=N–C) groups is 1. The number of aryl methyl sites for hydroxylation is 2. The standard InChI is InChI=1S/C18H18Cl2N4O2S/c1-4-26-17(25)16-10(3)21-9(2)15(16)14-8-27-18(24-23-14)22-13-6-5-11(19)7-12(13)20/h5-7,21H,4,8H2,1-3H3,(H,22,24). The third kappa shape index (κ3) is 4.31. The molecule has 2 heterocycles. The number of hydrogen-bond acceptors (Lipinski definition) is 5. The Kier molecular flexibility index (Phi) is 6.14. The molecule has 6 nitrogen and oxygen atoms in total. The first kappa shape index (κ1) is 19.8. The van der Waals surface area contributed by atoms with Gasteiger partial charge in [0.05, 0.1) is 28.6 Å². The second-order valence-electron chi connectivity index (χ2n) is 5.82. The molecule has 0 saturated carbocycles. The summed E-state index contributed by atoms with van der Waals surface area (Å²) in [6.45, 7) is 5.87. The van der Waals surface area contributed by atoms with Crippen LogP contribution >= 0.6 is 35.0 Å². The van der Waals surface area contributed by atoms with Gasteiger partial charge in [0.25, 0.3) is 0 Å². The average molecular weight is 425 g/mol. The van der Waals surface area contributed by atoms with Crippen molar-refractivity contribution in [3.05, 3.63) is 50.8 Å². The number of aromatic amines is 1. The maximum absolute atomic E-state index is 12.3. The van der Waals surface area contributed by atoms with Crippen molar-refractivity contribution < 1.29 is 9.53 Å². The highest BCUT2D eigenvalue weighted by Gasteiger charge is 2.26. The molecule has 0 aliphatic carbocycles. The molecule has 0 spiro atoms. The van der Waals surface area contributed by atoms with Crippen molar-refractivity contribution in [2.45, 2.75) is 20.8 Å². The van der Waals surface area contributed by atoms with Crippen LogP contribution in [0.25, 0.3) is 0 Å². The molecular weight excluding hydrogens is 407 g/mol. The summed E-state index contributed by atoms with van der Waals surface area (Å²) >= 11 is 13.5. The van der Waals surface area contributed by atoms with Gasteiger partial charge in [0.2, 0.25) is 0 Å². The van der Waals surface area contributed by atoms with Gasteiger partial charge >= 0.3 is 5.97 Å². The second kappa shape index (κ2) is 8.37. The molecule has 0 bridgehead atoms. The smallest absolute Gasteiger partial charge is 0.340 e. The average Bonchev–Trinajstić information content (AvgIpc) is 2.92. The number of carbonyl (C=O) groups is 1. The number of ether oxygens (including phenoxy) is 1. The zero-order valence-electron chi connectivity index (χ0n) is 15.0. The number of aromatic nitrogens is 1. The molecule has 1 aromatic heterocycles. The van der Waals surface area contributed by atoms with E-state index in [0.717, 1.165) is 22.7 Å². The predicted octanol–water partition coefficient (Wildman–Crippen LogP) is 4.84. The van der Waals surface area contributed by atoms with Crippen LogP contribution in [-0.2, 0) is 4.74 Å². The molecule has 1 aliphatic heterocycles. The molecule has 0 saturated heterocycles. The van der Waals surface area contributed by atoms with E-state index in [4.69, 9.17) is 27.9 Å². The number of rotatable bonds is 4. The lowest BCUT2D eigenvalue weighted by Crippen LogP contribution is -2.26. The van der Waals surface area contributed by atoms with E-state index in [1.54, 1.807) is 25.1 Å². The van der Waals surface area contributed by atoms with Crippen LogP contribution in [0.1, 0.15) is 34.2 Å². The van der Waals surface area contributed by atoms with Crippen LogP contribution in [0.5, 0.6) is 0 Å². The summed E-state index contributed by atoms with van der Waals surface area (Å²) in [6.07, 6.45) is 0. The molecule has 3 rings (SSSR count). The van der Waals surface area contributed by atoms with Gasteiger partial charge in [-0.3, -0.25) is 5.43 Å². The van der Waals surface area contributed by atoms with Gasteiger partial charge in [-0.25, -0.2) is 9.79 Å².